The minimum absolute atomic E-state index is 0.0623. The van der Waals surface area contributed by atoms with Gasteiger partial charge in [-0.15, -0.1) is 0 Å². The van der Waals surface area contributed by atoms with E-state index in [9.17, 15) is 14.0 Å². The van der Waals surface area contributed by atoms with Crippen LogP contribution in [-0.2, 0) is 13.0 Å². The van der Waals surface area contributed by atoms with Gasteiger partial charge in [0.1, 0.15) is 11.6 Å². The summed E-state index contributed by atoms with van der Waals surface area (Å²) in [5.41, 5.74) is 2.98. The SMILES string of the molecule is O=C(CCc1cc(-c2ccccc2)on1)c1ccnc(N2CCN(Cc3ccc(F)cc3)C2=O)c1. The molecule has 0 saturated carbocycles. The largest absolute Gasteiger partial charge is 0.356 e. The quantitative estimate of drug-likeness (QED) is 0.334. The van der Waals surface area contributed by atoms with Crippen molar-refractivity contribution in [2.75, 3.05) is 18.0 Å². The summed E-state index contributed by atoms with van der Waals surface area (Å²) in [7, 11) is 0. The number of aromatic nitrogens is 2. The molecule has 0 bridgehead atoms. The van der Waals surface area contributed by atoms with E-state index in [0.29, 0.717) is 48.9 Å². The second-order valence-corrected chi connectivity index (χ2v) is 8.36. The van der Waals surface area contributed by atoms with Crippen LogP contribution in [0.1, 0.15) is 28.0 Å². The van der Waals surface area contributed by atoms with Crippen molar-refractivity contribution in [2.45, 2.75) is 19.4 Å². The Kier molecular flexibility index (Phi) is 6.34. The van der Waals surface area contributed by atoms with Crippen LogP contribution in [0.5, 0.6) is 0 Å². The molecule has 0 N–H and O–H groups in total. The normalized spacial score (nSPS) is 13.5. The molecule has 8 heteroatoms. The molecule has 1 fully saturated rings. The number of amides is 2. The van der Waals surface area contributed by atoms with Gasteiger partial charge in [0, 0.05) is 55.9 Å². The van der Waals surface area contributed by atoms with E-state index in [-0.39, 0.29) is 24.1 Å². The van der Waals surface area contributed by atoms with Crippen molar-refractivity contribution in [3.8, 4) is 11.3 Å². The maximum Gasteiger partial charge on any atom is 0.326 e. The molecule has 0 aliphatic carbocycles. The van der Waals surface area contributed by atoms with E-state index in [2.05, 4.69) is 10.1 Å². The molecule has 2 amide bonds. The second-order valence-electron chi connectivity index (χ2n) is 8.36. The van der Waals surface area contributed by atoms with Crippen LogP contribution < -0.4 is 4.90 Å². The van der Waals surface area contributed by atoms with Crippen LogP contribution in [-0.4, -0.2) is 39.9 Å². The Morgan fingerprint density at radius 1 is 1.00 bits per heavy atom. The van der Waals surface area contributed by atoms with Gasteiger partial charge in [0.05, 0.1) is 5.69 Å². The highest BCUT2D eigenvalue weighted by Gasteiger charge is 2.30. The van der Waals surface area contributed by atoms with E-state index in [1.54, 1.807) is 40.3 Å². The van der Waals surface area contributed by atoms with Crippen LogP contribution in [0.3, 0.4) is 0 Å². The number of nitrogens with zero attached hydrogens (tertiary/aromatic N) is 4. The van der Waals surface area contributed by atoms with Crippen LogP contribution in [0.2, 0.25) is 0 Å². The summed E-state index contributed by atoms with van der Waals surface area (Å²) in [6, 6.07) is 20.7. The Labute approximate surface area is 201 Å². The van der Waals surface area contributed by atoms with Crippen LogP contribution in [0.15, 0.2) is 83.5 Å². The van der Waals surface area contributed by atoms with Crippen molar-refractivity contribution in [1.29, 1.82) is 0 Å². The van der Waals surface area contributed by atoms with E-state index in [1.807, 2.05) is 36.4 Å². The van der Waals surface area contributed by atoms with Gasteiger partial charge >= 0.3 is 6.03 Å². The van der Waals surface area contributed by atoms with E-state index in [1.165, 1.54) is 12.1 Å². The molecule has 5 rings (SSSR count). The van der Waals surface area contributed by atoms with E-state index in [0.717, 1.165) is 11.1 Å². The molecular formula is C27H23FN4O3. The molecule has 176 valence electrons. The Bertz CT molecular complexity index is 1340. The number of pyridine rings is 1. The van der Waals surface area contributed by atoms with Gasteiger partial charge < -0.3 is 9.42 Å². The van der Waals surface area contributed by atoms with Crippen molar-refractivity contribution < 1.29 is 18.5 Å². The van der Waals surface area contributed by atoms with Crippen molar-refractivity contribution in [2.24, 2.45) is 0 Å². The minimum atomic E-state index is -0.311. The predicted octanol–water partition coefficient (Wildman–Crippen LogP) is 5.13. The van der Waals surface area contributed by atoms with Gasteiger partial charge in [-0.05, 0) is 29.8 Å². The lowest BCUT2D eigenvalue weighted by molar-refractivity contribution is 0.0982. The fraction of sp³-hybridized carbons (Fsp3) is 0.185. The number of hydrogen-bond acceptors (Lipinski definition) is 5. The number of urea groups is 1. The molecule has 0 unspecified atom stereocenters. The van der Waals surface area contributed by atoms with Crippen molar-refractivity contribution in [1.82, 2.24) is 15.0 Å². The first-order valence-corrected chi connectivity index (χ1v) is 11.4. The number of carbonyl (C=O) groups excluding carboxylic acids is 2. The number of rotatable bonds is 8. The first-order valence-electron chi connectivity index (χ1n) is 11.4. The lowest BCUT2D eigenvalue weighted by Gasteiger charge is -2.18. The van der Waals surface area contributed by atoms with Crippen molar-refractivity contribution in [3.63, 3.8) is 0 Å². The first kappa shape index (κ1) is 22.5. The maximum atomic E-state index is 13.2. The number of anilines is 1. The number of aryl methyl sites for hydroxylation is 1. The lowest BCUT2D eigenvalue weighted by atomic mass is 10.1. The fourth-order valence-corrected chi connectivity index (χ4v) is 4.05. The average Bonchev–Trinajstić information content (AvgIpc) is 3.51. The molecule has 2 aromatic heterocycles. The highest BCUT2D eigenvalue weighted by Crippen LogP contribution is 2.23. The summed E-state index contributed by atoms with van der Waals surface area (Å²) < 4.78 is 18.6. The third kappa shape index (κ3) is 5.11. The number of hydrogen-bond donors (Lipinski definition) is 0. The maximum absolute atomic E-state index is 13.2. The Morgan fingerprint density at radius 2 is 1.80 bits per heavy atom. The smallest absolute Gasteiger partial charge is 0.326 e. The first-order chi connectivity index (χ1) is 17.1. The average molecular weight is 471 g/mol. The summed E-state index contributed by atoms with van der Waals surface area (Å²) in [5.74, 6) is 0.731. The van der Waals surface area contributed by atoms with Gasteiger partial charge in [0.2, 0.25) is 0 Å². The third-order valence-electron chi connectivity index (χ3n) is 5.95. The Morgan fingerprint density at radius 3 is 2.60 bits per heavy atom. The zero-order valence-corrected chi connectivity index (χ0v) is 18.9. The molecular weight excluding hydrogens is 447 g/mol. The second kappa shape index (κ2) is 9.89. The molecule has 1 saturated heterocycles. The molecule has 1 aliphatic rings. The molecule has 0 atom stereocenters. The topological polar surface area (TPSA) is 79.5 Å². The Hall–Kier alpha value is -4.33. The molecule has 4 aromatic rings. The Balaban J connectivity index is 1.21. The van der Waals surface area contributed by atoms with Crippen molar-refractivity contribution >= 4 is 17.6 Å². The lowest BCUT2D eigenvalue weighted by Crippen LogP contribution is -2.32. The molecule has 0 radical (unpaired) electrons. The molecule has 35 heavy (non-hydrogen) atoms. The van der Waals surface area contributed by atoms with Gasteiger partial charge in [-0.3, -0.25) is 9.69 Å². The monoisotopic (exact) mass is 470 g/mol. The number of Topliss-reactive ketones (excluding diaryl/α,β-unsaturated/α-hetero) is 1. The molecule has 2 aromatic carbocycles. The molecule has 0 spiro atoms. The summed E-state index contributed by atoms with van der Waals surface area (Å²) in [4.78, 5) is 33.3. The third-order valence-corrected chi connectivity index (χ3v) is 5.95. The van der Waals surface area contributed by atoms with Gasteiger partial charge in [0.25, 0.3) is 0 Å². The minimum Gasteiger partial charge on any atom is -0.356 e. The number of halogens is 1. The highest BCUT2D eigenvalue weighted by atomic mass is 19.1. The van der Waals surface area contributed by atoms with Gasteiger partial charge in [-0.1, -0.05) is 47.6 Å². The van der Waals surface area contributed by atoms with Gasteiger partial charge in [-0.25, -0.2) is 14.2 Å². The van der Waals surface area contributed by atoms with E-state index < -0.39 is 0 Å². The molecule has 1 aliphatic heterocycles. The van der Waals surface area contributed by atoms with Crippen LogP contribution in [0.25, 0.3) is 11.3 Å². The highest BCUT2D eigenvalue weighted by molar-refractivity contribution is 5.98. The van der Waals surface area contributed by atoms with E-state index >= 15 is 0 Å². The summed E-state index contributed by atoms with van der Waals surface area (Å²) in [6.07, 6.45) is 2.25. The number of carbonyl (C=O) groups is 2. The van der Waals surface area contributed by atoms with E-state index in [4.69, 9.17) is 4.52 Å². The summed E-state index contributed by atoms with van der Waals surface area (Å²) in [5, 5.41) is 4.08. The van der Waals surface area contributed by atoms with Gasteiger partial charge in [-0.2, -0.15) is 0 Å². The van der Waals surface area contributed by atoms with Crippen molar-refractivity contribution in [3.05, 3.63) is 102 Å². The molecule has 3 heterocycles. The standard InChI is InChI=1S/C27H23FN4O3/c28-22-8-6-19(7-9-22)18-31-14-15-32(27(31)34)26-16-21(12-13-29-26)24(33)11-10-23-17-25(35-30-23)20-4-2-1-3-5-20/h1-9,12-13,16-17H,10-11,14-15,18H2. The van der Waals surface area contributed by atoms with Gasteiger partial charge in [0.15, 0.2) is 11.5 Å². The zero-order valence-electron chi connectivity index (χ0n) is 18.9. The van der Waals surface area contributed by atoms with Crippen LogP contribution in [0.4, 0.5) is 15.0 Å². The number of benzene rings is 2. The fourth-order valence-electron chi connectivity index (χ4n) is 4.05. The molecule has 7 nitrogen and oxygen atoms in total. The van der Waals surface area contributed by atoms with Crippen LogP contribution >= 0.6 is 0 Å². The predicted molar refractivity (Wildman–Crippen MR) is 128 cm³/mol. The zero-order chi connectivity index (χ0) is 24.2. The summed E-state index contributed by atoms with van der Waals surface area (Å²) in [6.45, 7) is 1.37. The van der Waals surface area contributed by atoms with Crippen LogP contribution in [0, 0.1) is 5.82 Å². The number of ketones is 1. The summed E-state index contributed by atoms with van der Waals surface area (Å²) >= 11 is 0.